The third-order valence-corrected chi connectivity index (χ3v) is 3.42. The lowest BCUT2D eigenvalue weighted by molar-refractivity contribution is 0.188. The van der Waals surface area contributed by atoms with E-state index in [9.17, 15) is 4.39 Å². The van der Waals surface area contributed by atoms with Gasteiger partial charge >= 0.3 is 0 Å². The van der Waals surface area contributed by atoms with Gasteiger partial charge in [0.05, 0.1) is 6.04 Å². The summed E-state index contributed by atoms with van der Waals surface area (Å²) in [7, 11) is 0. The number of nitrogens with two attached hydrogens (primary N) is 1. The van der Waals surface area contributed by atoms with Crippen molar-refractivity contribution in [2.24, 2.45) is 5.73 Å². The Morgan fingerprint density at radius 3 is 2.45 bits per heavy atom. The SMILES string of the molecule is CC(Oc1cccc(Cl)c1)C(N)c1ccc(Cl)cc1F. The lowest BCUT2D eigenvalue weighted by Crippen LogP contribution is -2.29. The van der Waals surface area contributed by atoms with Crippen molar-refractivity contribution in [2.75, 3.05) is 0 Å². The fraction of sp³-hybridized carbons (Fsp3) is 0.200. The normalized spacial score (nSPS) is 13.8. The van der Waals surface area contributed by atoms with E-state index < -0.39 is 18.0 Å². The second-order valence-corrected chi connectivity index (χ2v) is 5.34. The van der Waals surface area contributed by atoms with Crippen LogP contribution in [0.3, 0.4) is 0 Å². The molecule has 106 valence electrons. The van der Waals surface area contributed by atoms with E-state index >= 15 is 0 Å². The van der Waals surface area contributed by atoms with Crippen LogP contribution in [0.25, 0.3) is 0 Å². The molecule has 0 saturated heterocycles. The summed E-state index contributed by atoms with van der Waals surface area (Å²) in [5.74, 6) is 0.154. The second-order valence-electron chi connectivity index (χ2n) is 4.47. The first-order valence-electron chi connectivity index (χ1n) is 6.10. The molecule has 2 aromatic rings. The van der Waals surface area contributed by atoms with Crippen molar-refractivity contribution < 1.29 is 9.13 Å². The molecule has 5 heteroatoms. The molecule has 0 aliphatic rings. The van der Waals surface area contributed by atoms with Crippen LogP contribution in [-0.2, 0) is 0 Å². The number of hydrogen-bond donors (Lipinski definition) is 1. The van der Waals surface area contributed by atoms with Crippen molar-refractivity contribution in [2.45, 2.75) is 19.1 Å². The van der Waals surface area contributed by atoms with Gasteiger partial charge in [0.2, 0.25) is 0 Å². The van der Waals surface area contributed by atoms with E-state index in [1.165, 1.54) is 6.07 Å². The topological polar surface area (TPSA) is 35.2 Å². The molecular formula is C15H14Cl2FNO. The minimum absolute atomic E-state index is 0.335. The zero-order chi connectivity index (χ0) is 14.7. The fourth-order valence-electron chi connectivity index (χ4n) is 1.85. The molecule has 0 fully saturated rings. The first-order valence-corrected chi connectivity index (χ1v) is 6.85. The maximum absolute atomic E-state index is 13.8. The van der Waals surface area contributed by atoms with E-state index in [0.29, 0.717) is 21.4 Å². The minimum atomic E-state index is -0.605. The zero-order valence-corrected chi connectivity index (χ0v) is 12.3. The van der Waals surface area contributed by atoms with E-state index in [1.807, 2.05) is 0 Å². The summed E-state index contributed by atoms with van der Waals surface area (Å²) >= 11 is 11.6. The van der Waals surface area contributed by atoms with Gasteiger partial charge < -0.3 is 10.5 Å². The molecule has 2 rings (SSSR count). The molecule has 0 amide bonds. The Bertz CT molecular complexity index is 606. The van der Waals surface area contributed by atoms with Gasteiger partial charge in [-0.2, -0.15) is 0 Å². The Kier molecular flexibility index (Phi) is 4.86. The highest BCUT2D eigenvalue weighted by Crippen LogP contribution is 2.25. The summed E-state index contributed by atoms with van der Waals surface area (Å²) in [6.07, 6.45) is -0.413. The van der Waals surface area contributed by atoms with Crippen LogP contribution in [0.1, 0.15) is 18.5 Å². The Hall–Kier alpha value is -1.29. The summed E-state index contributed by atoms with van der Waals surface area (Å²) in [6, 6.07) is 10.8. The van der Waals surface area contributed by atoms with Crippen LogP contribution < -0.4 is 10.5 Å². The van der Waals surface area contributed by atoms with Crippen LogP contribution in [0.15, 0.2) is 42.5 Å². The van der Waals surface area contributed by atoms with Gasteiger partial charge in [-0.1, -0.05) is 35.3 Å². The van der Waals surface area contributed by atoms with Gasteiger partial charge in [0.15, 0.2) is 0 Å². The molecule has 0 saturated carbocycles. The first kappa shape index (κ1) is 15.1. The summed E-state index contributed by atoms with van der Waals surface area (Å²) in [4.78, 5) is 0. The van der Waals surface area contributed by atoms with E-state index in [2.05, 4.69) is 0 Å². The fourth-order valence-corrected chi connectivity index (χ4v) is 2.19. The molecular weight excluding hydrogens is 300 g/mol. The lowest BCUT2D eigenvalue weighted by Gasteiger charge is -2.22. The second kappa shape index (κ2) is 6.44. The van der Waals surface area contributed by atoms with E-state index in [-0.39, 0.29) is 0 Å². The summed E-state index contributed by atoms with van der Waals surface area (Å²) in [5, 5.41) is 0.905. The van der Waals surface area contributed by atoms with Crippen LogP contribution >= 0.6 is 23.2 Å². The van der Waals surface area contributed by atoms with Crippen molar-refractivity contribution in [1.82, 2.24) is 0 Å². The average Bonchev–Trinajstić information content (AvgIpc) is 2.38. The number of rotatable bonds is 4. The monoisotopic (exact) mass is 313 g/mol. The van der Waals surface area contributed by atoms with Crippen LogP contribution in [0.2, 0.25) is 10.0 Å². The molecule has 0 spiro atoms. The number of halogens is 3. The Morgan fingerprint density at radius 2 is 1.80 bits per heavy atom. The van der Waals surface area contributed by atoms with Crippen molar-refractivity contribution in [3.8, 4) is 5.75 Å². The first-order chi connectivity index (χ1) is 9.47. The van der Waals surface area contributed by atoms with Gasteiger partial charge in [0.25, 0.3) is 0 Å². The standard InChI is InChI=1S/C15H14Cl2FNO/c1-9(20-12-4-2-3-10(16)7-12)15(19)13-6-5-11(17)8-14(13)18/h2-9,15H,19H2,1H3. The Labute approximate surface area is 127 Å². The van der Waals surface area contributed by atoms with Gasteiger partial charge in [-0.05, 0) is 37.3 Å². The van der Waals surface area contributed by atoms with Gasteiger partial charge in [0, 0.05) is 15.6 Å². The summed E-state index contributed by atoms with van der Waals surface area (Å²) < 4.78 is 19.5. The Morgan fingerprint density at radius 1 is 1.10 bits per heavy atom. The molecule has 0 heterocycles. The highest BCUT2D eigenvalue weighted by atomic mass is 35.5. The van der Waals surface area contributed by atoms with Crippen LogP contribution in [0.4, 0.5) is 4.39 Å². The number of benzene rings is 2. The van der Waals surface area contributed by atoms with E-state index in [4.69, 9.17) is 33.7 Å². The summed E-state index contributed by atoms with van der Waals surface area (Å²) in [6.45, 7) is 1.78. The zero-order valence-electron chi connectivity index (χ0n) is 10.8. The van der Waals surface area contributed by atoms with Gasteiger partial charge in [0.1, 0.15) is 17.7 Å². The largest absolute Gasteiger partial charge is 0.489 e. The number of hydrogen-bond acceptors (Lipinski definition) is 2. The van der Waals surface area contributed by atoms with Crippen LogP contribution in [-0.4, -0.2) is 6.10 Å². The molecule has 0 aliphatic heterocycles. The molecule has 2 atom stereocenters. The maximum atomic E-state index is 13.8. The minimum Gasteiger partial charge on any atom is -0.489 e. The Balaban J connectivity index is 2.14. The van der Waals surface area contributed by atoms with Crippen molar-refractivity contribution >= 4 is 23.2 Å². The molecule has 0 radical (unpaired) electrons. The highest BCUT2D eigenvalue weighted by Gasteiger charge is 2.20. The van der Waals surface area contributed by atoms with Crippen molar-refractivity contribution in [3.63, 3.8) is 0 Å². The van der Waals surface area contributed by atoms with Gasteiger partial charge in [-0.15, -0.1) is 0 Å². The van der Waals surface area contributed by atoms with Crippen LogP contribution in [0, 0.1) is 5.82 Å². The third kappa shape index (κ3) is 3.63. The molecule has 2 aromatic carbocycles. The molecule has 20 heavy (non-hydrogen) atoms. The van der Waals surface area contributed by atoms with Crippen molar-refractivity contribution in [1.29, 1.82) is 0 Å². The van der Waals surface area contributed by atoms with Crippen molar-refractivity contribution in [3.05, 3.63) is 63.9 Å². The quantitative estimate of drug-likeness (QED) is 0.895. The van der Waals surface area contributed by atoms with Crippen LogP contribution in [0.5, 0.6) is 5.75 Å². The molecule has 2 N–H and O–H groups in total. The van der Waals surface area contributed by atoms with Gasteiger partial charge in [-0.3, -0.25) is 0 Å². The predicted octanol–water partition coefficient (Wildman–Crippen LogP) is 4.60. The van der Waals surface area contributed by atoms with E-state index in [0.717, 1.165) is 0 Å². The average molecular weight is 314 g/mol. The number of ether oxygens (including phenoxy) is 1. The smallest absolute Gasteiger partial charge is 0.129 e. The molecule has 2 unspecified atom stereocenters. The lowest BCUT2D eigenvalue weighted by atomic mass is 10.0. The predicted molar refractivity (Wildman–Crippen MR) is 79.9 cm³/mol. The molecule has 0 aliphatic carbocycles. The molecule has 0 aromatic heterocycles. The van der Waals surface area contributed by atoms with Gasteiger partial charge in [-0.25, -0.2) is 4.39 Å². The molecule has 0 bridgehead atoms. The molecule has 2 nitrogen and oxygen atoms in total. The third-order valence-electron chi connectivity index (χ3n) is 2.95. The van der Waals surface area contributed by atoms with E-state index in [1.54, 1.807) is 43.3 Å². The maximum Gasteiger partial charge on any atom is 0.129 e. The highest BCUT2D eigenvalue weighted by molar-refractivity contribution is 6.30. The summed E-state index contributed by atoms with van der Waals surface area (Å²) in [5.41, 5.74) is 6.40.